The number of aromatic nitrogens is 4. The van der Waals surface area contributed by atoms with Gasteiger partial charge in [-0.3, -0.25) is 0 Å². The molecule has 0 amide bonds. The van der Waals surface area contributed by atoms with Crippen molar-refractivity contribution in [2.24, 2.45) is 0 Å². The summed E-state index contributed by atoms with van der Waals surface area (Å²) in [7, 11) is 0. The second-order valence-corrected chi connectivity index (χ2v) is 3.43. The number of imidazole rings is 1. The van der Waals surface area contributed by atoms with E-state index in [0.29, 0.717) is 5.65 Å². The molecule has 5 nitrogen and oxygen atoms in total. The molecule has 0 radical (unpaired) electrons. The van der Waals surface area contributed by atoms with Crippen LogP contribution in [0.3, 0.4) is 0 Å². The van der Waals surface area contributed by atoms with Crippen molar-refractivity contribution in [3.05, 3.63) is 11.6 Å². The molecule has 2 aromatic rings. The Balaban J connectivity index is 2.61. The molecule has 0 aliphatic carbocycles. The van der Waals surface area contributed by atoms with Crippen molar-refractivity contribution in [3.63, 3.8) is 0 Å². The summed E-state index contributed by atoms with van der Waals surface area (Å²) in [5.41, 5.74) is 1.44. The van der Waals surface area contributed by atoms with E-state index in [1.54, 1.807) is 6.33 Å². The van der Waals surface area contributed by atoms with Gasteiger partial charge in [-0.2, -0.15) is 9.97 Å². The number of H-pyrrole nitrogens is 1. The molecule has 15 heavy (non-hydrogen) atoms. The number of rotatable bonds is 3. The lowest BCUT2D eigenvalue weighted by Crippen LogP contribution is -2.23. The van der Waals surface area contributed by atoms with Crippen molar-refractivity contribution in [1.29, 1.82) is 0 Å². The van der Waals surface area contributed by atoms with Gasteiger partial charge in [0.25, 0.3) is 0 Å². The highest BCUT2D eigenvalue weighted by Gasteiger charge is 2.12. The first-order valence-corrected chi connectivity index (χ1v) is 5.25. The molecule has 2 rings (SSSR count). The van der Waals surface area contributed by atoms with Gasteiger partial charge in [-0.05, 0) is 25.4 Å². The van der Waals surface area contributed by atoms with Crippen LogP contribution in [0.25, 0.3) is 11.2 Å². The third-order valence-electron chi connectivity index (χ3n) is 2.30. The van der Waals surface area contributed by atoms with E-state index in [0.717, 1.165) is 24.4 Å². The predicted octanol–water partition coefficient (Wildman–Crippen LogP) is 1.85. The Morgan fingerprint density at radius 2 is 2.07 bits per heavy atom. The fourth-order valence-corrected chi connectivity index (χ4v) is 1.70. The van der Waals surface area contributed by atoms with Gasteiger partial charge in [-0.15, -0.1) is 0 Å². The third-order valence-corrected chi connectivity index (χ3v) is 2.47. The van der Waals surface area contributed by atoms with E-state index in [-0.39, 0.29) is 5.28 Å². The van der Waals surface area contributed by atoms with Crippen LogP contribution in [0.4, 0.5) is 5.82 Å². The van der Waals surface area contributed by atoms with Crippen molar-refractivity contribution in [2.45, 2.75) is 13.8 Å². The lowest BCUT2D eigenvalue weighted by Gasteiger charge is -2.19. The summed E-state index contributed by atoms with van der Waals surface area (Å²) in [4.78, 5) is 17.5. The lowest BCUT2D eigenvalue weighted by atomic mass is 10.4. The van der Waals surface area contributed by atoms with Crippen molar-refractivity contribution in [3.8, 4) is 0 Å². The minimum absolute atomic E-state index is 0.233. The van der Waals surface area contributed by atoms with Crippen LogP contribution in [0.15, 0.2) is 6.33 Å². The molecule has 2 aromatic heterocycles. The predicted molar refractivity (Wildman–Crippen MR) is 60.3 cm³/mol. The number of halogens is 1. The maximum Gasteiger partial charge on any atom is 0.226 e. The average molecular weight is 226 g/mol. The second kappa shape index (κ2) is 4.02. The Kier molecular flexibility index (Phi) is 2.73. The van der Waals surface area contributed by atoms with Crippen LogP contribution in [-0.4, -0.2) is 33.0 Å². The molecule has 0 bridgehead atoms. The molecule has 0 aliphatic rings. The van der Waals surface area contributed by atoms with E-state index in [2.05, 4.69) is 38.7 Å². The lowest BCUT2D eigenvalue weighted by molar-refractivity contribution is 0.847. The Labute approximate surface area is 92.5 Å². The van der Waals surface area contributed by atoms with Crippen LogP contribution in [0.5, 0.6) is 0 Å². The summed E-state index contributed by atoms with van der Waals surface area (Å²) in [5, 5.41) is 0.233. The Hall–Kier alpha value is -1.36. The van der Waals surface area contributed by atoms with Gasteiger partial charge in [0.05, 0.1) is 6.33 Å². The molecule has 0 unspecified atom stereocenters. The van der Waals surface area contributed by atoms with Gasteiger partial charge in [0.15, 0.2) is 11.5 Å². The molecule has 0 atom stereocenters. The Morgan fingerprint density at radius 1 is 1.33 bits per heavy atom. The molecule has 0 saturated carbocycles. The van der Waals surface area contributed by atoms with Crippen molar-refractivity contribution in [1.82, 2.24) is 19.9 Å². The van der Waals surface area contributed by atoms with Crippen LogP contribution in [-0.2, 0) is 0 Å². The van der Waals surface area contributed by atoms with Gasteiger partial charge >= 0.3 is 0 Å². The number of aromatic amines is 1. The summed E-state index contributed by atoms with van der Waals surface area (Å²) < 4.78 is 0. The zero-order valence-corrected chi connectivity index (χ0v) is 9.41. The van der Waals surface area contributed by atoms with Crippen LogP contribution >= 0.6 is 11.6 Å². The van der Waals surface area contributed by atoms with E-state index in [4.69, 9.17) is 11.6 Å². The number of fused-ring (bicyclic) bond motifs is 1. The first-order chi connectivity index (χ1) is 7.26. The summed E-state index contributed by atoms with van der Waals surface area (Å²) in [5.74, 6) is 0.813. The molecule has 0 spiro atoms. The Morgan fingerprint density at radius 3 is 2.73 bits per heavy atom. The number of nitrogens with zero attached hydrogens (tertiary/aromatic N) is 4. The first kappa shape index (κ1) is 10.2. The molecule has 0 fully saturated rings. The van der Waals surface area contributed by atoms with Crippen molar-refractivity contribution < 1.29 is 0 Å². The quantitative estimate of drug-likeness (QED) is 0.810. The standard InChI is InChI=1S/C9H12ClN5/c1-3-15(4-2)8-6-7(12-5-11-6)13-9(10)14-8/h5H,3-4H2,1-2H3,(H,11,12,13,14). The summed E-state index contributed by atoms with van der Waals surface area (Å²) in [6.07, 6.45) is 1.60. The third kappa shape index (κ3) is 1.74. The molecule has 0 aliphatic heterocycles. The summed E-state index contributed by atoms with van der Waals surface area (Å²) >= 11 is 5.84. The van der Waals surface area contributed by atoms with Crippen LogP contribution in [0, 0.1) is 0 Å². The monoisotopic (exact) mass is 225 g/mol. The van der Waals surface area contributed by atoms with E-state index in [1.165, 1.54) is 0 Å². The zero-order chi connectivity index (χ0) is 10.8. The fourth-order valence-electron chi connectivity index (χ4n) is 1.54. The van der Waals surface area contributed by atoms with Crippen LogP contribution in [0.2, 0.25) is 5.28 Å². The number of hydrogen-bond acceptors (Lipinski definition) is 4. The number of nitrogens with one attached hydrogen (secondary N) is 1. The van der Waals surface area contributed by atoms with Gasteiger partial charge in [0.2, 0.25) is 5.28 Å². The highest BCUT2D eigenvalue weighted by molar-refractivity contribution is 6.28. The molecular formula is C9H12ClN5. The molecule has 0 aromatic carbocycles. The minimum atomic E-state index is 0.233. The molecule has 6 heteroatoms. The molecular weight excluding hydrogens is 214 g/mol. The van der Waals surface area contributed by atoms with Crippen molar-refractivity contribution >= 4 is 28.6 Å². The van der Waals surface area contributed by atoms with Gasteiger partial charge in [0.1, 0.15) is 5.52 Å². The topological polar surface area (TPSA) is 57.7 Å². The van der Waals surface area contributed by atoms with E-state index in [1.807, 2.05) is 0 Å². The zero-order valence-electron chi connectivity index (χ0n) is 8.66. The normalized spacial score (nSPS) is 10.9. The van der Waals surface area contributed by atoms with Crippen molar-refractivity contribution in [2.75, 3.05) is 18.0 Å². The largest absolute Gasteiger partial charge is 0.355 e. The maximum atomic E-state index is 5.84. The van der Waals surface area contributed by atoms with Gasteiger partial charge in [-0.25, -0.2) is 4.98 Å². The maximum absolute atomic E-state index is 5.84. The first-order valence-electron chi connectivity index (χ1n) is 4.87. The van der Waals surface area contributed by atoms with Crippen LogP contribution in [0.1, 0.15) is 13.8 Å². The van der Waals surface area contributed by atoms with E-state index >= 15 is 0 Å². The fraction of sp³-hybridized carbons (Fsp3) is 0.444. The smallest absolute Gasteiger partial charge is 0.226 e. The highest BCUT2D eigenvalue weighted by atomic mass is 35.5. The highest BCUT2D eigenvalue weighted by Crippen LogP contribution is 2.22. The minimum Gasteiger partial charge on any atom is -0.355 e. The molecule has 2 heterocycles. The van der Waals surface area contributed by atoms with E-state index < -0.39 is 0 Å². The van der Waals surface area contributed by atoms with Gasteiger partial charge in [0, 0.05) is 13.1 Å². The van der Waals surface area contributed by atoms with Gasteiger partial charge in [-0.1, -0.05) is 0 Å². The van der Waals surface area contributed by atoms with Gasteiger partial charge < -0.3 is 9.88 Å². The van der Waals surface area contributed by atoms with E-state index in [9.17, 15) is 0 Å². The Bertz CT molecular complexity index is 462. The SMILES string of the molecule is CCN(CC)c1nc(Cl)nc2nc[nH]c12. The average Bonchev–Trinajstić information content (AvgIpc) is 2.67. The molecule has 1 N–H and O–H groups in total. The summed E-state index contributed by atoms with van der Waals surface area (Å²) in [6, 6.07) is 0. The van der Waals surface area contributed by atoms with Crippen LogP contribution < -0.4 is 4.90 Å². The molecule has 80 valence electrons. The number of hydrogen-bond donors (Lipinski definition) is 1. The number of anilines is 1. The molecule has 0 saturated heterocycles. The second-order valence-electron chi connectivity index (χ2n) is 3.09. The summed E-state index contributed by atoms with van der Waals surface area (Å²) in [6.45, 7) is 5.89.